The van der Waals surface area contributed by atoms with Gasteiger partial charge in [-0.15, -0.1) is 0 Å². The molecule has 0 spiro atoms. The summed E-state index contributed by atoms with van der Waals surface area (Å²) in [6.07, 6.45) is 3.69. The average molecular weight is 316 g/mol. The van der Waals surface area contributed by atoms with Crippen molar-refractivity contribution in [1.82, 2.24) is 19.8 Å². The van der Waals surface area contributed by atoms with Crippen LogP contribution in [-0.2, 0) is 0 Å². The fourth-order valence-electron chi connectivity index (χ4n) is 2.46. The van der Waals surface area contributed by atoms with Crippen molar-refractivity contribution in [3.8, 4) is 5.69 Å². The Hall–Kier alpha value is -2.34. The van der Waals surface area contributed by atoms with Crippen molar-refractivity contribution in [1.29, 1.82) is 0 Å². The van der Waals surface area contributed by atoms with Crippen molar-refractivity contribution >= 4 is 6.03 Å². The van der Waals surface area contributed by atoms with Crippen molar-refractivity contribution < 1.29 is 9.90 Å². The number of aliphatic hydroxyl groups is 1. The molecule has 2 aromatic rings. The molecule has 0 fully saturated rings. The molecule has 0 aliphatic rings. The number of hydrogen-bond acceptors (Lipinski definition) is 3. The van der Waals surface area contributed by atoms with Crippen LogP contribution < -0.4 is 5.32 Å². The van der Waals surface area contributed by atoms with E-state index in [1.807, 2.05) is 55.8 Å². The number of amides is 2. The van der Waals surface area contributed by atoms with E-state index < -0.39 is 0 Å². The van der Waals surface area contributed by atoms with Crippen LogP contribution in [0, 0.1) is 6.92 Å². The van der Waals surface area contributed by atoms with Gasteiger partial charge in [0.15, 0.2) is 0 Å². The predicted molar refractivity (Wildman–Crippen MR) is 89.6 cm³/mol. The van der Waals surface area contributed by atoms with Crippen LogP contribution in [-0.4, -0.2) is 45.3 Å². The van der Waals surface area contributed by atoms with Gasteiger partial charge in [-0.05, 0) is 38.5 Å². The molecule has 1 aromatic carbocycles. The number of aryl methyl sites for hydroxylation is 1. The average Bonchev–Trinajstić information content (AvgIpc) is 2.98. The largest absolute Gasteiger partial charge is 0.395 e. The summed E-state index contributed by atoms with van der Waals surface area (Å²) in [7, 11) is 0. The molecular weight excluding hydrogens is 292 g/mol. The van der Waals surface area contributed by atoms with Crippen molar-refractivity contribution in [2.24, 2.45) is 0 Å². The smallest absolute Gasteiger partial charge is 0.317 e. The number of nitrogens with zero attached hydrogens (tertiary/aromatic N) is 3. The second-order valence-corrected chi connectivity index (χ2v) is 5.41. The first-order valence-electron chi connectivity index (χ1n) is 7.83. The highest BCUT2D eigenvalue weighted by Gasteiger charge is 2.14. The molecule has 0 aliphatic heterocycles. The number of nitrogens with one attached hydrogen (secondary N) is 1. The Labute approximate surface area is 136 Å². The highest BCUT2D eigenvalue weighted by molar-refractivity contribution is 5.74. The van der Waals surface area contributed by atoms with Gasteiger partial charge in [-0.1, -0.05) is 12.1 Å². The summed E-state index contributed by atoms with van der Waals surface area (Å²) in [6.45, 7) is 6.67. The van der Waals surface area contributed by atoms with Crippen LogP contribution in [0.1, 0.15) is 31.3 Å². The number of aromatic nitrogens is 2. The molecule has 6 heteroatoms. The zero-order valence-corrected chi connectivity index (χ0v) is 13.9. The third-order valence-corrected chi connectivity index (χ3v) is 3.88. The third kappa shape index (κ3) is 4.10. The topological polar surface area (TPSA) is 70.4 Å². The summed E-state index contributed by atoms with van der Waals surface area (Å²) in [5.74, 6) is 0.932. The van der Waals surface area contributed by atoms with Gasteiger partial charge in [0.25, 0.3) is 0 Å². The second kappa shape index (κ2) is 7.78. The molecule has 1 heterocycles. The number of benzene rings is 1. The Morgan fingerprint density at radius 3 is 2.61 bits per heavy atom. The zero-order valence-electron chi connectivity index (χ0n) is 13.9. The van der Waals surface area contributed by atoms with Crippen LogP contribution in [0.5, 0.6) is 0 Å². The van der Waals surface area contributed by atoms with Crippen LogP contribution in [0.15, 0.2) is 36.7 Å². The quantitative estimate of drug-likeness (QED) is 0.859. The number of carbonyl (C=O) groups is 1. The van der Waals surface area contributed by atoms with Crippen molar-refractivity contribution in [2.75, 3.05) is 19.7 Å². The maximum atomic E-state index is 12.1. The van der Waals surface area contributed by atoms with E-state index in [0.29, 0.717) is 13.1 Å². The molecule has 0 aliphatic carbocycles. The summed E-state index contributed by atoms with van der Waals surface area (Å²) in [6, 6.07) is 7.76. The monoisotopic (exact) mass is 316 g/mol. The van der Waals surface area contributed by atoms with Gasteiger partial charge in [0.1, 0.15) is 5.82 Å². The molecule has 0 bridgehead atoms. The SMILES string of the molecule is CCN(CCO)C(=O)NC(C)c1ccc(-n2ccnc2C)cc1. The lowest BCUT2D eigenvalue weighted by atomic mass is 10.1. The van der Waals surface area contributed by atoms with Crippen molar-refractivity contribution in [2.45, 2.75) is 26.8 Å². The van der Waals surface area contributed by atoms with Crippen LogP contribution in [0.4, 0.5) is 4.79 Å². The number of hydrogen-bond donors (Lipinski definition) is 2. The van der Waals surface area contributed by atoms with E-state index in [1.54, 1.807) is 11.1 Å². The summed E-state index contributed by atoms with van der Waals surface area (Å²) >= 11 is 0. The van der Waals surface area contributed by atoms with E-state index in [9.17, 15) is 4.79 Å². The Bertz CT molecular complexity index is 636. The van der Waals surface area contributed by atoms with Crippen LogP contribution >= 0.6 is 0 Å². The molecule has 0 saturated heterocycles. The first kappa shape index (κ1) is 17.0. The molecule has 1 atom stereocenters. The van der Waals surface area contributed by atoms with Crippen LogP contribution in [0.2, 0.25) is 0 Å². The molecule has 0 saturated carbocycles. The minimum absolute atomic E-state index is 0.0331. The highest BCUT2D eigenvalue weighted by atomic mass is 16.3. The molecule has 1 aromatic heterocycles. The van der Waals surface area contributed by atoms with Gasteiger partial charge in [0.05, 0.1) is 12.6 Å². The van der Waals surface area contributed by atoms with Crippen LogP contribution in [0.3, 0.4) is 0 Å². The van der Waals surface area contributed by atoms with E-state index in [2.05, 4.69) is 10.3 Å². The van der Waals surface area contributed by atoms with E-state index in [1.165, 1.54) is 0 Å². The lowest BCUT2D eigenvalue weighted by Gasteiger charge is -2.23. The summed E-state index contributed by atoms with van der Waals surface area (Å²) in [4.78, 5) is 17.9. The van der Waals surface area contributed by atoms with E-state index in [4.69, 9.17) is 5.11 Å². The molecule has 0 radical (unpaired) electrons. The number of aliphatic hydroxyl groups excluding tert-OH is 1. The normalized spacial score (nSPS) is 12.0. The number of imidazole rings is 1. The number of urea groups is 1. The van der Waals surface area contributed by atoms with Gasteiger partial charge in [0, 0.05) is 31.2 Å². The Kier molecular flexibility index (Phi) is 5.76. The number of likely N-dealkylation sites (N-methyl/N-ethyl adjacent to an activating group) is 1. The molecule has 2 N–H and O–H groups in total. The third-order valence-electron chi connectivity index (χ3n) is 3.88. The molecule has 1 unspecified atom stereocenters. The summed E-state index contributed by atoms with van der Waals surface area (Å²) < 4.78 is 2.01. The second-order valence-electron chi connectivity index (χ2n) is 5.41. The van der Waals surface area contributed by atoms with Gasteiger partial charge in [-0.25, -0.2) is 9.78 Å². The maximum Gasteiger partial charge on any atom is 0.317 e. The van der Waals surface area contributed by atoms with Gasteiger partial charge < -0.3 is 19.9 Å². The number of carbonyl (C=O) groups excluding carboxylic acids is 1. The van der Waals surface area contributed by atoms with Crippen LogP contribution in [0.25, 0.3) is 5.69 Å². The lowest BCUT2D eigenvalue weighted by molar-refractivity contribution is 0.178. The summed E-state index contributed by atoms with van der Waals surface area (Å²) in [5.41, 5.74) is 2.07. The Balaban J connectivity index is 2.04. The van der Waals surface area contributed by atoms with Crippen molar-refractivity contribution in [3.63, 3.8) is 0 Å². The van der Waals surface area contributed by atoms with E-state index in [-0.39, 0.29) is 18.7 Å². The van der Waals surface area contributed by atoms with Gasteiger partial charge in [-0.3, -0.25) is 0 Å². The Morgan fingerprint density at radius 2 is 2.09 bits per heavy atom. The first-order valence-corrected chi connectivity index (χ1v) is 7.83. The minimum Gasteiger partial charge on any atom is -0.395 e. The van der Waals surface area contributed by atoms with E-state index in [0.717, 1.165) is 17.1 Å². The molecule has 23 heavy (non-hydrogen) atoms. The zero-order chi connectivity index (χ0) is 16.8. The van der Waals surface area contributed by atoms with Gasteiger partial charge in [-0.2, -0.15) is 0 Å². The summed E-state index contributed by atoms with van der Waals surface area (Å²) in [5, 5.41) is 11.9. The molecule has 6 nitrogen and oxygen atoms in total. The minimum atomic E-state index is -0.163. The fourth-order valence-corrected chi connectivity index (χ4v) is 2.46. The van der Waals surface area contributed by atoms with Gasteiger partial charge in [0.2, 0.25) is 0 Å². The predicted octanol–water partition coefficient (Wildman–Crippen LogP) is 2.27. The molecule has 2 amide bonds. The van der Waals surface area contributed by atoms with E-state index >= 15 is 0 Å². The van der Waals surface area contributed by atoms with Gasteiger partial charge >= 0.3 is 6.03 Å². The standard InChI is InChI=1S/C17H24N4O2/c1-4-20(11-12-22)17(23)19-13(2)15-5-7-16(8-6-15)21-10-9-18-14(21)3/h5-10,13,22H,4,11-12H2,1-3H3,(H,19,23). The lowest BCUT2D eigenvalue weighted by Crippen LogP contribution is -2.42. The maximum absolute atomic E-state index is 12.1. The Morgan fingerprint density at radius 1 is 1.39 bits per heavy atom. The fraction of sp³-hybridized carbons (Fsp3) is 0.412. The number of rotatable bonds is 6. The van der Waals surface area contributed by atoms with Crippen molar-refractivity contribution in [3.05, 3.63) is 48.0 Å². The molecular formula is C17H24N4O2. The molecule has 124 valence electrons. The first-order chi connectivity index (χ1) is 11.1. The molecule has 2 rings (SSSR count). The highest BCUT2D eigenvalue weighted by Crippen LogP contribution is 2.17.